The molecule has 0 aliphatic carbocycles. The number of nitrogens with zero attached hydrogens (tertiary/aromatic N) is 8. The van der Waals surface area contributed by atoms with Gasteiger partial charge in [-0.1, -0.05) is 167 Å². The van der Waals surface area contributed by atoms with Crippen molar-refractivity contribution < 1.29 is 57.4 Å². The van der Waals surface area contributed by atoms with E-state index in [0.717, 1.165) is 108 Å². The van der Waals surface area contributed by atoms with Crippen LogP contribution in [0.5, 0.6) is 11.5 Å². The highest BCUT2D eigenvalue weighted by atomic mass is 16.5. The van der Waals surface area contributed by atoms with E-state index in [-0.39, 0.29) is 100 Å². The highest BCUT2D eigenvalue weighted by Gasteiger charge is 2.46. The van der Waals surface area contributed by atoms with Crippen molar-refractivity contribution in [1.82, 2.24) is 18.3 Å². The standard InChI is InChI=1S/C105H62N8O12/c1-5-91(114)124-89-45-35-58(49-87(89)112-101(120)76-41-37-72-93-73(38-42-77(95(76)93)102(112)121)98(117)110(97(72)116)64-52-60(106-48-47-57-21-7-14-28-80(57)106)51-61(54-64)107-81-29-15-8-22-66(81)67-23-9-16-30-82(67)107)105(3,4)59-36-46-90(125-92(115)6-2)88(50-59)113-103(122)78-43-39-74-94-75(40-44-79(96(78)94)104(113)123)100(119)111(99(74)118)65-55-62(108-83-31-17-10-24-68(83)69-25-11-18-32-84(69)108)53-63(56-65)109-85-33-19-12-26-70(85)71-27-13-20-34-86(71)109/h5-56H,1-2H2,3-4H3. The molecular weight excluding hydrogens is 1570 g/mol. The first-order chi connectivity index (χ1) is 60.8. The molecule has 4 aliphatic rings. The van der Waals surface area contributed by atoms with E-state index in [4.69, 9.17) is 9.47 Å². The Bertz CT molecular complexity index is 7920. The molecule has 125 heavy (non-hydrogen) atoms. The van der Waals surface area contributed by atoms with Gasteiger partial charge in [0, 0.05) is 128 Å². The van der Waals surface area contributed by atoms with Crippen LogP contribution >= 0.6 is 0 Å². The topological polar surface area (TPSA) is 222 Å². The van der Waals surface area contributed by atoms with Gasteiger partial charge in [-0.3, -0.25) is 38.4 Å². The monoisotopic (exact) mass is 1630 g/mol. The first-order valence-corrected chi connectivity index (χ1v) is 40.4. The van der Waals surface area contributed by atoms with Crippen LogP contribution in [0.1, 0.15) is 108 Å². The molecule has 594 valence electrons. The number of hydrogen-bond donors (Lipinski definition) is 0. The second-order valence-electron chi connectivity index (χ2n) is 31.9. The highest BCUT2D eigenvalue weighted by Crippen LogP contribution is 2.50. The van der Waals surface area contributed by atoms with E-state index in [9.17, 15) is 9.59 Å². The zero-order valence-electron chi connectivity index (χ0n) is 66.4. The molecule has 8 heterocycles. The number of benzene rings is 15. The molecule has 0 spiro atoms. The molecule has 4 aromatic heterocycles. The van der Waals surface area contributed by atoms with Crippen LogP contribution in [-0.4, -0.2) is 77.5 Å². The Morgan fingerprint density at radius 3 is 0.840 bits per heavy atom. The molecule has 4 aliphatic heterocycles. The van der Waals surface area contributed by atoms with Crippen LogP contribution in [0.4, 0.5) is 22.7 Å². The van der Waals surface area contributed by atoms with Crippen molar-refractivity contribution in [2.24, 2.45) is 0 Å². The third kappa shape index (κ3) is 10.5. The maximum Gasteiger partial charge on any atom is 0.335 e. The second kappa shape index (κ2) is 26.9. The number of rotatable bonds is 14. The summed E-state index contributed by atoms with van der Waals surface area (Å²) in [4.78, 5) is 156. The van der Waals surface area contributed by atoms with E-state index in [1.165, 1.54) is 72.8 Å². The molecule has 8 amide bonds. The van der Waals surface area contributed by atoms with Crippen LogP contribution in [0.15, 0.2) is 329 Å². The lowest BCUT2D eigenvalue weighted by Crippen LogP contribution is -2.44. The van der Waals surface area contributed by atoms with Crippen molar-refractivity contribution in [3.63, 3.8) is 0 Å². The van der Waals surface area contributed by atoms with E-state index in [0.29, 0.717) is 33.9 Å². The molecule has 0 radical (unpaired) electrons. The summed E-state index contributed by atoms with van der Waals surface area (Å²) in [6.45, 7) is 10.8. The summed E-state index contributed by atoms with van der Waals surface area (Å²) in [5, 5.41) is 7.29. The normalized spacial score (nSPS) is 13.9. The number of imide groups is 4. The van der Waals surface area contributed by atoms with Gasteiger partial charge in [0.05, 0.1) is 78.4 Å². The van der Waals surface area contributed by atoms with Crippen molar-refractivity contribution >= 4 is 180 Å². The van der Waals surface area contributed by atoms with Crippen molar-refractivity contribution in [1.29, 1.82) is 0 Å². The number of carbonyl (C=O) groups excluding carboxylic acids is 10. The first kappa shape index (κ1) is 72.9. The molecule has 15 aromatic carbocycles. The highest BCUT2D eigenvalue weighted by molar-refractivity contribution is 6.44. The molecule has 0 fully saturated rings. The molecule has 0 atom stereocenters. The predicted octanol–water partition coefficient (Wildman–Crippen LogP) is 20.9. The summed E-state index contributed by atoms with van der Waals surface area (Å²) in [5.74, 6) is -8.72. The van der Waals surface area contributed by atoms with Gasteiger partial charge in [-0.25, -0.2) is 29.2 Å². The molecule has 0 unspecified atom stereocenters. The number of aromatic nitrogens is 4. The van der Waals surface area contributed by atoms with Crippen LogP contribution in [0.25, 0.3) is 121 Å². The zero-order valence-corrected chi connectivity index (χ0v) is 66.4. The molecule has 19 aromatic rings. The van der Waals surface area contributed by atoms with Crippen molar-refractivity contribution in [2.45, 2.75) is 19.3 Å². The summed E-state index contributed by atoms with van der Waals surface area (Å²) in [5.41, 5.74) is 8.48. The minimum absolute atomic E-state index is 0.0496. The smallest absolute Gasteiger partial charge is 0.335 e. The number of carbonyl (C=O) groups is 10. The van der Waals surface area contributed by atoms with Crippen molar-refractivity contribution in [2.75, 3.05) is 19.6 Å². The van der Waals surface area contributed by atoms with Crippen molar-refractivity contribution in [3.05, 3.63) is 384 Å². The number of hydrogen-bond acceptors (Lipinski definition) is 12. The summed E-state index contributed by atoms with van der Waals surface area (Å²) >= 11 is 0. The molecule has 0 bridgehead atoms. The predicted molar refractivity (Wildman–Crippen MR) is 482 cm³/mol. The van der Waals surface area contributed by atoms with Gasteiger partial charge >= 0.3 is 11.9 Å². The fraction of sp³-hybridized carbons (Fsp3) is 0.0286. The first-order valence-electron chi connectivity index (χ1n) is 40.4. The average Bonchev–Trinajstić information content (AvgIpc) is 1.64. The van der Waals surface area contributed by atoms with Gasteiger partial charge in [0.2, 0.25) is 0 Å². The average molecular weight is 1630 g/mol. The minimum Gasteiger partial charge on any atom is -0.421 e. The fourth-order valence-electron chi connectivity index (χ4n) is 19.3. The van der Waals surface area contributed by atoms with Crippen LogP contribution in [0.3, 0.4) is 0 Å². The number of ether oxygens (including phenoxy) is 2. The van der Waals surface area contributed by atoms with Gasteiger partial charge in [0.15, 0.2) is 11.5 Å². The van der Waals surface area contributed by atoms with Crippen LogP contribution < -0.4 is 29.1 Å². The summed E-state index contributed by atoms with van der Waals surface area (Å²) < 4.78 is 20.1. The molecular formula is C105H62N8O12. The second-order valence-corrected chi connectivity index (χ2v) is 31.9. The largest absolute Gasteiger partial charge is 0.421 e. The lowest BCUT2D eigenvalue weighted by Gasteiger charge is -2.34. The molecule has 0 saturated heterocycles. The van der Waals surface area contributed by atoms with E-state index in [1.807, 2.05) is 175 Å². The van der Waals surface area contributed by atoms with Crippen molar-refractivity contribution in [3.8, 4) is 34.2 Å². The lowest BCUT2D eigenvalue weighted by atomic mass is 9.77. The summed E-state index contributed by atoms with van der Waals surface area (Å²) in [6.07, 6.45) is 3.78. The van der Waals surface area contributed by atoms with Gasteiger partial charge < -0.3 is 27.7 Å². The third-order valence-corrected chi connectivity index (χ3v) is 25.1. The molecule has 20 nitrogen and oxygen atoms in total. The number of esters is 2. The van der Waals surface area contributed by atoms with Gasteiger partial charge in [-0.2, -0.15) is 0 Å². The number of para-hydroxylation sites is 7. The minimum atomic E-state index is -1.28. The maximum atomic E-state index is 15.8. The molecule has 0 N–H and O–H groups in total. The van der Waals surface area contributed by atoms with Crippen LogP contribution in [0.2, 0.25) is 0 Å². The van der Waals surface area contributed by atoms with E-state index >= 15 is 38.4 Å². The molecule has 0 saturated carbocycles. The Hall–Kier alpha value is -17.3. The number of amides is 8. The SMILES string of the molecule is C=CC(=O)Oc1ccc(C(C)(C)c2ccc(OC(=O)C=C)c(N3C(=O)c4ccc5c6c(ccc(c46)C3=O)C(=O)N(c3cc(-n4c6ccccc6c6ccccc64)cc(-n4c6ccccc6c6ccccc64)c3)C5=O)c2)cc1N1C(=O)c2ccc3c4c(ccc(c24)C1=O)C(=O)N(c1cc(-n2ccc4ccccc42)cc(-n2c4ccccc4c4ccccc42)c1)C3=O. The van der Waals surface area contributed by atoms with E-state index in [2.05, 4.69) is 69.3 Å². The maximum absolute atomic E-state index is 15.8. The summed E-state index contributed by atoms with van der Waals surface area (Å²) in [7, 11) is 0. The number of fused-ring (bicyclic) bond motifs is 10. The number of anilines is 4. The summed E-state index contributed by atoms with van der Waals surface area (Å²) in [6, 6.07) is 90.1. The Morgan fingerprint density at radius 1 is 0.280 bits per heavy atom. The molecule has 20 heteroatoms. The van der Waals surface area contributed by atoms with Crippen LogP contribution in [-0.2, 0) is 15.0 Å². The van der Waals surface area contributed by atoms with Gasteiger partial charge in [-0.15, -0.1) is 0 Å². The van der Waals surface area contributed by atoms with Gasteiger partial charge in [-0.05, 0) is 174 Å². The van der Waals surface area contributed by atoms with Gasteiger partial charge in [0.25, 0.3) is 47.3 Å². The van der Waals surface area contributed by atoms with Crippen LogP contribution in [0, 0.1) is 0 Å². The third-order valence-electron chi connectivity index (χ3n) is 25.1. The Morgan fingerprint density at radius 2 is 0.536 bits per heavy atom. The molecule has 23 rings (SSSR count). The van der Waals surface area contributed by atoms with Gasteiger partial charge in [0.1, 0.15) is 0 Å². The Balaban J connectivity index is 0.595. The fourth-order valence-corrected chi connectivity index (χ4v) is 19.3. The van der Waals surface area contributed by atoms with E-state index in [1.54, 1.807) is 32.0 Å². The zero-order chi connectivity index (χ0) is 85.0. The quantitative estimate of drug-likeness (QED) is 0.0429. The lowest BCUT2D eigenvalue weighted by molar-refractivity contribution is -0.129. The van der Waals surface area contributed by atoms with E-state index < -0.39 is 64.6 Å². The Kier molecular flexibility index (Phi) is 15.7. The Labute approximate surface area is 708 Å².